The Morgan fingerprint density at radius 2 is 2.43 bits per heavy atom. The lowest BCUT2D eigenvalue weighted by atomic mass is 9.67. The van der Waals surface area contributed by atoms with E-state index in [4.69, 9.17) is 0 Å². The van der Waals surface area contributed by atoms with Crippen molar-refractivity contribution < 1.29 is 13.6 Å². The monoisotopic (exact) mass is 298 g/mol. The third-order valence-electron chi connectivity index (χ3n) is 4.86. The molecule has 3 rings (SSSR count). The van der Waals surface area contributed by atoms with Crippen LogP contribution in [0.4, 0.5) is 8.78 Å². The van der Waals surface area contributed by atoms with Gasteiger partial charge in [-0.1, -0.05) is 12.8 Å². The number of halogens is 2. The third-order valence-corrected chi connectivity index (χ3v) is 4.86. The van der Waals surface area contributed by atoms with Gasteiger partial charge in [-0.2, -0.15) is 8.78 Å². The molecular formula is C14H20F2N4O. The summed E-state index contributed by atoms with van der Waals surface area (Å²) in [5, 5.41) is 6.12. The summed E-state index contributed by atoms with van der Waals surface area (Å²) < 4.78 is 26.3. The van der Waals surface area contributed by atoms with Crippen LogP contribution in [-0.4, -0.2) is 28.5 Å². The lowest BCUT2D eigenvalue weighted by Crippen LogP contribution is -2.47. The summed E-state index contributed by atoms with van der Waals surface area (Å²) in [6, 6.07) is 0. The van der Waals surface area contributed by atoms with E-state index in [1.165, 1.54) is 12.4 Å². The zero-order chi connectivity index (χ0) is 14.9. The van der Waals surface area contributed by atoms with Gasteiger partial charge in [0.25, 0.3) is 0 Å². The lowest BCUT2D eigenvalue weighted by molar-refractivity contribution is -0.134. The molecule has 5 nitrogen and oxygen atoms in total. The van der Waals surface area contributed by atoms with Gasteiger partial charge in [0.05, 0.1) is 12.0 Å². The van der Waals surface area contributed by atoms with Crippen LogP contribution >= 0.6 is 0 Å². The standard InChI is InChI=1S/C14H20F2N4O/c15-13(16)20-6-5-18-11(20)8-19-12(21)14-4-2-1-3-10(14)7-17-9-14/h5-6,10,13,17H,1-4,7-9H2,(H,19,21)/t10-,14+/m0/s1. The van der Waals surface area contributed by atoms with Crippen LogP contribution in [0, 0.1) is 11.3 Å². The molecule has 0 aromatic carbocycles. The molecule has 1 saturated carbocycles. The minimum atomic E-state index is -2.63. The molecule has 2 atom stereocenters. The van der Waals surface area contributed by atoms with E-state index in [0.29, 0.717) is 12.5 Å². The number of imidazole rings is 1. The molecule has 0 spiro atoms. The number of nitrogens with one attached hydrogen (secondary N) is 2. The van der Waals surface area contributed by atoms with Crippen molar-refractivity contribution in [2.45, 2.75) is 38.8 Å². The Hall–Kier alpha value is -1.50. The highest BCUT2D eigenvalue weighted by atomic mass is 19.3. The van der Waals surface area contributed by atoms with Crippen LogP contribution in [-0.2, 0) is 11.3 Å². The molecule has 0 radical (unpaired) electrons. The van der Waals surface area contributed by atoms with Crippen molar-refractivity contribution in [2.75, 3.05) is 13.1 Å². The molecule has 21 heavy (non-hydrogen) atoms. The minimum absolute atomic E-state index is 0.0268. The number of amides is 1. The van der Waals surface area contributed by atoms with Gasteiger partial charge in [0.2, 0.25) is 5.91 Å². The molecule has 1 aromatic heterocycles. The predicted octanol–water partition coefficient (Wildman–Crippen LogP) is 1.67. The van der Waals surface area contributed by atoms with Gasteiger partial charge >= 0.3 is 6.55 Å². The van der Waals surface area contributed by atoms with Crippen molar-refractivity contribution in [2.24, 2.45) is 11.3 Å². The van der Waals surface area contributed by atoms with Crippen LogP contribution in [0.5, 0.6) is 0 Å². The van der Waals surface area contributed by atoms with E-state index in [1.54, 1.807) is 0 Å². The molecule has 2 aliphatic rings. The third kappa shape index (κ3) is 2.54. The first kappa shape index (κ1) is 14.4. The largest absolute Gasteiger partial charge is 0.348 e. The molecule has 116 valence electrons. The molecule has 2 heterocycles. The van der Waals surface area contributed by atoms with Crippen LogP contribution in [0.15, 0.2) is 12.4 Å². The van der Waals surface area contributed by atoms with Gasteiger partial charge in [-0.3, -0.25) is 9.36 Å². The van der Waals surface area contributed by atoms with E-state index < -0.39 is 6.55 Å². The van der Waals surface area contributed by atoms with E-state index in [9.17, 15) is 13.6 Å². The van der Waals surface area contributed by atoms with Crippen molar-refractivity contribution >= 4 is 5.91 Å². The molecule has 1 aliphatic carbocycles. The number of hydrogen-bond donors (Lipinski definition) is 2. The number of aromatic nitrogens is 2. The maximum absolute atomic E-state index is 12.8. The predicted molar refractivity (Wildman–Crippen MR) is 72.6 cm³/mol. The fourth-order valence-electron chi connectivity index (χ4n) is 3.68. The summed E-state index contributed by atoms with van der Waals surface area (Å²) in [5.74, 6) is 0.523. The van der Waals surface area contributed by atoms with E-state index in [2.05, 4.69) is 15.6 Å². The van der Waals surface area contributed by atoms with Crippen molar-refractivity contribution in [3.8, 4) is 0 Å². The second kappa shape index (κ2) is 5.71. The maximum atomic E-state index is 12.8. The van der Waals surface area contributed by atoms with Gasteiger partial charge in [0, 0.05) is 18.9 Å². The summed E-state index contributed by atoms with van der Waals surface area (Å²) in [6.45, 7) is -1.02. The minimum Gasteiger partial charge on any atom is -0.348 e. The van der Waals surface area contributed by atoms with Crippen LogP contribution < -0.4 is 10.6 Å². The van der Waals surface area contributed by atoms with Crippen LogP contribution in [0.1, 0.15) is 38.1 Å². The number of nitrogens with zero attached hydrogens (tertiary/aromatic N) is 2. The van der Waals surface area contributed by atoms with Crippen molar-refractivity contribution in [3.05, 3.63) is 18.2 Å². The van der Waals surface area contributed by atoms with E-state index in [-0.39, 0.29) is 23.7 Å². The topological polar surface area (TPSA) is 59.0 Å². The number of fused-ring (bicyclic) bond motifs is 1. The second-order valence-electron chi connectivity index (χ2n) is 5.94. The van der Waals surface area contributed by atoms with Gasteiger partial charge in [-0.05, 0) is 25.3 Å². The molecule has 0 unspecified atom stereocenters. The van der Waals surface area contributed by atoms with Gasteiger partial charge in [0.1, 0.15) is 5.82 Å². The number of carbonyl (C=O) groups is 1. The zero-order valence-corrected chi connectivity index (χ0v) is 11.8. The van der Waals surface area contributed by atoms with E-state index in [0.717, 1.165) is 36.8 Å². The van der Waals surface area contributed by atoms with E-state index in [1.807, 2.05) is 0 Å². The Morgan fingerprint density at radius 1 is 1.57 bits per heavy atom. The molecular weight excluding hydrogens is 278 g/mol. The first-order valence-corrected chi connectivity index (χ1v) is 7.42. The van der Waals surface area contributed by atoms with Crippen molar-refractivity contribution in [3.63, 3.8) is 0 Å². The smallest absolute Gasteiger partial charge is 0.319 e. The SMILES string of the molecule is O=C(NCc1nccn1C(F)F)[C@@]12CCCC[C@H]1CNC2. The fraction of sp³-hybridized carbons (Fsp3) is 0.714. The zero-order valence-electron chi connectivity index (χ0n) is 11.8. The number of alkyl halides is 2. The molecule has 2 N–H and O–H groups in total. The van der Waals surface area contributed by atoms with Crippen LogP contribution in [0.3, 0.4) is 0 Å². The average molecular weight is 298 g/mol. The Labute approximate surface area is 122 Å². The van der Waals surface area contributed by atoms with E-state index >= 15 is 0 Å². The Kier molecular flexibility index (Phi) is 3.93. The van der Waals surface area contributed by atoms with Gasteiger partial charge in [0.15, 0.2) is 0 Å². The molecule has 1 aliphatic heterocycles. The molecule has 1 saturated heterocycles. The molecule has 0 bridgehead atoms. The van der Waals surface area contributed by atoms with Crippen LogP contribution in [0.25, 0.3) is 0 Å². The molecule has 7 heteroatoms. The van der Waals surface area contributed by atoms with Gasteiger partial charge < -0.3 is 10.6 Å². The average Bonchev–Trinajstić information content (AvgIpc) is 3.11. The summed E-state index contributed by atoms with van der Waals surface area (Å²) in [4.78, 5) is 16.5. The highest BCUT2D eigenvalue weighted by molar-refractivity contribution is 5.83. The molecule has 1 aromatic rings. The Balaban J connectivity index is 1.67. The summed E-state index contributed by atoms with van der Waals surface area (Å²) in [7, 11) is 0. The summed E-state index contributed by atoms with van der Waals surface area (Å²) in [5.41, 5.74) is -0.361. The number of rotatable bonds is 4. The Bertz CT molecular complexity index is 519. The molecule has 1 amide bonds. The number of hydrogen-bond acceptors (Lipinski definition) is 3. The van der Waals surface area contributed by atoms with Crippen molar-refractivity contribution in [1.29, 1.82) is 0 Å². The Morgan fingerprint density at radius 3 is 3.24 bits per heavy atom. The maximum Gasteiger partial charge on any atom is 0.319 e. The summed E-state index contributed by atoms with van der Waals surface area (Å²) >= 11 is 0. The first-order valence-electron chi connectivity index (χ1n) is 7.42. The fourth-order valence-corrected chi connectivity index (χ4v) is 3.68. The van der Waals surface area contributed by atoms with Gasteiger partial charge in [-0.25, -0.2) is 4.98 Å². The normalized spacial score (nSPS) is 28.6. The second-order valence-corrected chi connectivity index (χ2v) is 5.94. The molecule has 2 fully saturated rings. The van der Waals surface area contributed by atoms with Crippen molar-refractivity contribution in [1.82, 2.24) is 20.2 Å². The quantitative estimate of drug-likeness (QED) is 0.889. The number of carbonyl (C=O) groups excluding carboxylic acids is 1. The van der Waals surface area contributed by atoms with Crippen LogP contribution in [0.2, 0.25) is 0 Å². The highest BCUT2D eigenvalue weighted by Gasteiger charge is 2.49. The highest BCUT2D eigenvalue weighted by Crippen LogP contribution is 2.43. The first-order chi connectivity index (χ1) is 10.1. The van der Waals surface area contributed by atoms with Gasteiger partial charge in [-0.15, -0.1) is 0 Å². The summed E-state index contributed by atoms with van der Waals surface area (Å²) in [6.07, 6.45) is 6.71. The lowest BCUT2D eigenvalue weighted by Gasteiger charge is -2.37.